The van der Waals surface area contributed by atoms with E-state index in [1.807, 2.05) is 7.11 Å². The third-order valence-electron chi connectivity index (χ3n) is 4.27. The molecule has 2 fully saturated rings. The first-order valence-corrected chi connectivity index (χ1v) is 5.86. The average Bonchev–Trinajstić information content (AvgIpc) is 2.58. The Morgan fingerprint density at radius 2 is 1.85 bits per heavy atom. The van der Waals surface area contributed by atoms with Crippen LogP contribution >= 0.6 is 0 Å². The highest BCUT2D eigenvalue weighted by Gasteiger charge is 2.37. The minimum atomic E-state index is 0.580. The summed E-state index contributed by atoms with van der Waals surface area (Å²) in [5.74, 6) is 3.09. The zero-order chi connectivity index (χ0) is 9.26. The molecule has 0 aromatic heterocycles. The quantitative estimate of drug-likeness (QED) is 0.637. The topological polar surface area (TPSA) is 9.23 Å². The molecule has 0 aliphatic heterocycles. The van der Waals surface area contributed by atoms with E-state index < -0.39 is 0 Å². The van der Waals surface area contributed by atoms with E-state index in [4.69, 9.17) is 4.74 Å². The molecule has 13 heavy (non-hydrogen) atoms. The van der Waals surface area contributed by atoms with Gasteiger partial charge in [-0.15, -0.1) is 0 Å². The number of hydrogen-bond donors (Lipinski definition) is 0. The van der Waals surface area contributed by atoms with Crippen molar-refractivity contribution in [1.82, 2.24) is 0 Å². The fourth-order valence-electron chi connectivity index (χ4n) is 3.38. The van der Waals surface area contributed by atoms with Crippen LogP contribution < -0.4 is 0 Å². The summed E-state index contributed by atoms with van der Waals surface area (Å²) in [5, 5.41) is 0. The van der Waals surface area contributed by atoms with E-state index in [1.54, 1.807) is 0 Å². The van der Waals surface area contributed by atoms with Gasteiger partial charge >= 0.3 is 0 Å². The number of hydrogen-bond acceptors (Lipinski definition) is 1. The lowest BCUT2D eigenvalue weighted by atomic mass is 9.80. The van der Waals surface area contributed by atoms with E-state index in [-0.39, 0.29) is 0 Å². The Hall–Kier alpha value is -0.0400. The van der Waals surface area contributed by atoms with E-state index >= 15 is 0 Å². The summed E-state index contributed by atoms with van der Waals surface area (Å²) < 4.78 is 5.47. The van der Waals surface area contributed by atoms with Gasteiger partial charge in [0.25, 0.3) is 0 Å². The molecule has 4 unspecified atom stereocenters. The first-order chi connectivity index (χ1) is 6.33. The van der Waals surface area contributed by atoms with E-state index in [2.05, 4.69) is 6.92 Å². The van der Waals surface area contributed by atoms with Gasteiger partial charge < -0.3 is 4.74 Å². The zero-order valence-electron chi connectivity index (χ0n) is 8.96. The lowest BCUT2D eigenvalue weighted by molar-refractivity contribution is 0.0367. The second-order valence-corrected chi connectivity index (χ2v) is 4.94. The largest absolute Gasteiger partial charge is 0.381 e. The Balaban J connectivity index is 1.90. The maximum atomic E-state index is 5.47. The molecule has 2 aliphatic carbocycles. The molecular weight excluding hydrogens is 160 g/mol. The van der Waals surface area contributed by atoms with Crippen LogP contribution in [-0.4, -0.2) is 13.2 Å². The van der Waals surface area contributed by atoms with Crippen LogP contribution in [-0.2, 0) is 4.74 Å². The third kappa shape index (κ3) is 1.90. The van der Waals surface area contributed by atoms with Crippen molar-refractivity contribution < 1.29 is 4.74 Å². The Morgan fingerprint density at radius 1 is 1.08 bits per heavy atom. The standard InChI is InChI=1S/C12H22O/c1-3-9-6-10-4-5-12(13-2)8-11(10)7-9/h9-12H,3-8H2,1-2H3. The monoisotopic (exact) mass is 182 g/mol. The predicted octanol–water partition coefficient (Wildman–Crippen LogP) is 3.24. The van der Waals surface area contributed by atoms with Crippen LogP contribution in [0.5, 0.6) is 0 Å². The third-order valence-corrected chi connectivity index (χ3v) is 4.27. The summed E-state index contributed by atoms with van der Waals surface area (Å²) in [6.07, 6.45) is 9.06. The lowest BCUT2D eigenvalue weighted by Crippen LogP contribution is -2.25. The molecule has 0 saturated heterocycles. The van der Waals surface area contributed by atoms with Crippen molar-refractivity contribution in [3.8, 4) is 0 Å². The van der Waals surface area contributed by atoms with Gasteiger partial charge in [-0.1, -0.05) is 13.3 Å². The van der Waals surface area contributed by atoms with Crippen molar-refractivity contribution in [2.75, 3.05) is 7.11 Å². The summed E-state index contributed by atoms with van der Waals surface area (Å²) in [4.78, 5) is 0. The van der Waals surface area contributed by atoms with Gasteiger partial charge in [0.05, 0.1) is 6.10 Å². The van der Waals surface area contributed by atoms with Crippen molar-refractivity contribution >= 4 is 0 Å². The lowest BCUT2D eigenvalue weighted by Gasteiger charge is -2.30. The molecule has 2 aliphatic rings. The van der Waals surface area contributed by atoms with Crippen LogP contribution in [0.3, 0.4) is 0 Å². The van der Waals surface area contributed by atoms with Crippen LogP contribution in [0.15, 0.2) is 0 Å². The minimum absolute atomic E-state index is 0.580. The molecule has 1 heteroatoms. The second kappa shape index (κ2) is 4.00. The molecule has 0 heterocycles. The number of ether oxygens (including phenoxy) is 1. The molecule has 0 radical (unpaired) electrons. The Bertz CT molecular complexity index is 165. The highest BCUT2D eigenvalue weighted by atomic mass is 16.5. The van der Waals surface area contributed by atoms with Gasteiger partial charge in [-0.05, 0) is 49.9 Å². The Kier molecular flexibility index (Phi) is 2.92. The van der Waals surface area contributed by atoms with Crippen molar-refractivity contribution in [3.05, 3.63) is 0 Å². The van der Waals surface area contributed by atoms with E-state index in [9.17, 15) is 0 Å². The van der Waals surface area contributed by atoms with Crippen molar-refractivity contribution in [2.24, 2.45) is 17.8 Å². The minimum Gasteiger partial charge on any atom is -0.381 e. The van der Waals surface area contributed by atoms with Crippen molar-refractivity contribution in [2.45, 2.75) is 51.6 Å². The summed E-state index contributed by atoms with van der Waals surface area (Å²) in [6.45, 7) is 2.34. The normalized spacial score (nSPS) is 44.8. The molecule has 0 amide bonds. The van der Waals surface area contributed by atoms with Crippen molar-refractivity contribution in [3.63, 3.8) is 0 Å². The van der Waals surface area contributed by atoms with Gasteiger partial charge in [-0.25, -0.2) is 0 Å². The van der Waals surface area contributed by atoms with Gasteiger partial charge in [0.15, 0.2) is 0 Å². The van der Waals surface area contributed by atoms with E-state index in [0.29, 0.717) is 6.10 Å². The van der Waals surface area contributed by atoms with Crippen LogP contribution in [0, 0.1) is 17.8 Å². The molecule has 0 aromatic carbocycles. The summed E-state index contributed by atoms with van der Waals surface area (Å²) in [7, 11) is 1.87. The van der Waals surface area contributed by atoms with Gasteiger partial charge in [-0.2, -0.15) is 0 Å². The van der Waals surface area contributed by atoms with Crippen LogP contribution in [0.25, 0.3) is 0 Å². The summed E-state index contributed by atoms with van der Waals surface area (Å²) >= 11 is 0. The number of methoxy groups -OCH3 is 1. The molecule has 76 valence electrons. The molecular formula is C12H22O. The van der Waals surface area contributed by atoms with Crippen LogP contribution in [0.4, 0.5) is 0 Å². The fraction of sp³-hybridized carbons (Fsp3) is 1.00. The highest BCUT2D eigenvalue weighted by molar-refractivity contribution is 4.88. The molecule has 2 saturated carbocycles. The zero-order valence-corrected chi connectivity index (χ0v) is 8.96. The fourth-order valence-corrected chi connectivity index (χ4v) is 3.38. The van der Waals surface area contributed by atoms with Gasteiger partial charge in [-0.3, -0.25) is 0 Å². The smallest absolute Gasteiger partial charge is 0.0574 e. The first kappa shape index (κ1) is 9.51. The Labute approximate surface area is 81.9 Å². The maximum absolute atomic E-state index is 5.47. The van der Waals surface area contributed by atoms with E-state index in [0.717, 1.165) is 17.8 Å². The van der Waals surface area contributed by atoms with Crippen LogP contribution in [0.1, 0.15) is 45.4 Å². The van der Waals surface area contributed by atoms with Crippen molar-refractivity contribution in [1.29, 1.82) is 0 Å². The van der Waals surface area contributed by atoms with Crippen LogP contribution in [0.2, 0.25) is 0 Å². The molecule has 0 bridgehead atoms. The maximum Gasteiger partial charge on any atom is 0.0574 e. The number of fused-ring (bicyclic) bond motifs is 1. The summed E-state index contributed by atoms with van der Waals surface area (Å²) in [5.41, 5.74) is 0. The average molecular weight is 182 g/mol. The molecule has 0 aromatic rings. The van der Waals surface area contributed by atoms with Gasteiger partial charge in [0.2, 0.25) is 0 Å². The molecule has 0 N–H and O–H groups in total. The molecule has 0 spiro atoms. The second-order valence-electron chi connectivity index (χ2n) is 4.94. The first-order valence-electron chi connectivity index (χ1n) is 5.86. The molecule has 2 rings (SSSR count). The van der Waals surface area contributed by atoms with E-state index in [1.165, 1.54) is 38.5 Å². The molecule has 4 atom stereocenters. The summed E-state index contributed by atoms with van der Waals surface area (Å²) in [6, 6.07) is 0. The Morgan fingerprint density at radius 3 is 2.54 bits per heavy atom. The number of rotatable bonds is 2. The highest BCUT2D eigenvalue weighted by Crippen LogP contribution is 2.46. The van der Waals surface area contributed by atoms with Gasteiger partial charge in [0, 0.05) is 7.11 Å². The SMILES string of the molecule is CCC1CC2CCC(OC)CC2C1. The molecule has 1 nitrogen and oxygen atoms in total. The predicted molar refractivity (Wildman–Crippen MR) is 54.6 cm³/mol. The van der Waals surface area contributed by atoms with Gasteiger partial charge in [0.1, 0.15) is 0 Å².